The average Bonchev–Trinajstić information content (AvgIpc) is 3.05. The van der Waals surface area contributed by atoms with Crippen LogP contribution >= 0.6 is 0 Å². The molecule has 4 aromatic carbocycles. The number of hydrogen-bond donors (Lipinski definition) is 0. The Morgan fingerprint density at radius 1 is 0.571 bits per heavy atom. The van der Waals surface area contributed by atoms with Gasteiger partial charge in [-0.2, -0.15) is 10.5 Å². The molecule has 0 bridgehead atoms. The normalized spacial score (nSPS) is 11.6. The minimum absolute atomic E-state index is 0.153. The number of benzene rings is 4. The van der Waals surface area contributed by atoms with E-state index in [0.29, 0.717) is 11.4 Å². The van der Waals surface area contributed by atoms with Gasteiger partial charge in [-0.3, -0.25) is 9.80 Å². The van der Waals surface area contributed by atoms with E-state index < -0.39 is 0 Å². The summed E-state index contributed by atoms with van der Waals surface area (Å²) in [5, 5.41) is 23.5. The van der Waals surface area contributed by atoms with Crippen molar-refractivity contribution in [1.29, 1.82) is 10.5 Å². The van der Waals surface area contributed by atoms with Gasteiger partial charge in [-0.05, 0) is 34.4 Å². The number of rotatable bonds is 2. The molecule has 1 aliphatic heterocycles. The van der Waals surface area contributed by atoms with Gasteiger partial charge >= 0.3 is 11.6 Å². The van der Waals surface area contributed by atoms with E-state index in [9.17, 15) is 10.5 Å². The minimum Gasteiger partial charge on any atom is -0.370 e. The van der Waals surface area contributed by atoms with Gasteiger partial charge in [0.25, 0.3) is 11.6 Å². The Labute approximate surface area is 239 Å². The summed E-state index contributed by atoms with van der Waals surface area (Å²) in [6.07, 6.45) is 0. The maximum absolute atomic E-state index is 9.89. The molecule has 7 rings (SSSR count). The Hall–Kier alpha value is -6.88. The zero-order valence-corrected chi connectivity index (χ0v) is 21.6. The maximum Gasteiger partial charge on any atom is 0.300 e. The van der Waals surface area contributed by atoms with E-state index >= 15 is 0 Å². The summed E-state index contributed by atoms with van der Waals surface area (Å²) in [4.78, 5) is 28.9. The molecule has 1 aliphatic rings. The third kappa shape index (κ3) is 3.55. The highest BCUT2D eigenvalue weighted by molar-refractivity contribution is 6.05. The SMILES string of the molecule is [C-]#[N+]c1nc2c(nc1[N+]#[C-])N(c1cccc3ccccc13)c1nc(C#N)c(C#N)nc1N2c1ccc2ccccc2c1. The topological polar surface area (TPSA) is 114 Å². The van der Waals surface area contributed by atoms with Gasteiger partial charge in [-0.1, -0.05) is 79.9 Å². The first kappa shape index (κ1) is 24.2. The van der Waals surface area contributed by atoms with Crippen molar-refractivity contribution < 1.29 is 0 Å². The van der Waals surface area contributed by atoms with Gasteiger partial charge in [0.15, 0.2) is 23.0 Å². The second-order valence-electron chi connectivity index (χ2n) is 9.23. The van der Waals surface area contributed by atoms with Crippen LogP contribution in [0.1, 0.15) is 11.4 Å². The number of hydrogen-bond acceptors (Lipinski definition) is 8. The van der Waals surface area contributed by atoms with E-state index in [2.05, 4.69) is 29.6 Å². The van der Waals surface area contributed by atoms with E-state index in [1.807, 2.05) is 97.1 Å². The monoisotopic (exact) mass is 538 g/mol. The Morgan fingerprint density at radius 3 is 1.79 bits per heavy atom. The van der Waals surface area contributed by atoms with E-state index in [-0.39, 0.29) is 46.3 Å². The third-order valence-electron chi connectivity index (χ3n) is 6.95. The fourth-order valence-electron chi connectivity index (χ4n) is 5.12. The lowest BCUT2D eigenvalue weighted by Gasteiger charge is -2.34. The largest absolute Gasteiger partial charge is 0.370 e. The fraction of sp³-hybridized carbons (Fsp3) is 0. The molecule has 42 heavy (non-hydrogen) atoms. The number of aromatic nitrogens is 4. The summed E-state index contributed by atoms with van der Waals surface area (Å²) in [6.45, 7) is 15.4. The van der Waals surface area contributed by atoms with Crippen LogP contribution in [-0.2, 0) is 0 Å². The lowest BCUT2D eigenvalue weighted by molar-refractivity contribution is 0.985. The fourth-order valence-corrected chi connectivity index (χ4v) is 5.12. The van der Waals surface area contributed by atoms with Gasteiger partial charge in [0.05, 0.1) is 11.4 Å². The van der Waals surface area contributed by atoms with E-state index in [1.54, 1.807) is 9.80 Å². The number of nitrogens with zero attached hydrogens (tertiary/aromatic N) is 10. The van der Waals surface area contributed by atoms with Crippen LogP contribution in [-0.4, -0.2) is 19.9 Å². The Kier molecular flexibility index (Phi) is 5.41. The number of fused-ring (bicyclic) bond motifs is 4. The van der Waals surface area contributed by atoms with Gasteiger partial charge in [-0.15, -0.1) is 9.97 Å². The Morgan fingerprint density at radius 2 is 1.12 bits per heavy atom. The van der Waals surface area contributed by atoms with E-state index in [4.69, 9.17) is 13.1 Å². The molecule has 0 atom stereocenters. The Balaban J connectivity index is 1.63. The second-order valence-corrected chi connectivity index (χ2v) is 9.23. The standard InChI is InChI=1S/C32H14N10/c1-35-27-28(36-2)40-32-31(39-27)41(22-15-14-19-8-3-4-10-21(19)16-22)29-30(38-25(18-34)24(17-33)37-29)42(32)26-13-7-11-20-9-5-6-12-23(20)26/h3-16H. The molecular formula is C32H14N10. The van der Waals surface area contributed by atoms with Crippen molar-refractivity contribution >= 4 is 67.8 Å². The van der Waals surface area contributed by atoms with E-state index in [0.717, 1.165) is 21.5 Å². The van der Waals surface area contributed by atoms with Crippen LogP contribution < -0.4 is 9.80 Å². The summed E-state index contributed by atoms with van der Waals surface area (Å²) >= 11 is 0. The van der Waals surface area contributed by atoms with Crippen LogP contribution in [0.5, 0.6) is 0 Å². The zero-order valence-electron chi connectivity index (χ0n) is 21.6. The third-order valence-corrected chi connectivity index (χ3v) is 6.95. The van der Waals surface area contributed by atoms with Crippen molar-refractivity contribution in [3.63, 3.8) is 0 Å². The maximum atomic E-state index is 9.89. The van der Waals surface area contributed by atoms with Crippen molar-refractivity contribution in [2.75, 3.05) is 9.80 Å². The van der Waals surface area contributed by atoms with Crippen LogP contribution in [0.2, 0.25) is 0 Å². The highest BCUT2D eigenvalue weighted by Gasteiger charge is 2.42. The zero-order chi connectivity index (χ0) is 28.8. The predicted octanol–water partition coefficient (Wildman–Crippen LogP) is 7.67. The van der Waals surface area contributed by atoms with Gasteiger partial charge in [0, 0.05) is 5.39 Å². The molecule has 0 spiro atoms. The summed E-state index contributed by atoms with van der Waals surface area (Å²) in [6, 6.07) is 31.0. The molecule has 0 aliphatic carbocycles. The summed E-state index contributed by atoms with van der Waals surface area (Å²) in [7, 11) is 0. The molecule has 3 heterocycles. The van der Waals surface area contributed by atoms with Crippen molar-refractivity contribution in [1.82, 2.24) is 19.9 Å². The van der Waals surface area contributed by atoms with Gasteiger partial charge < -0.3 is 9.69 Å². The molecule has 0 amide bonds. The first-order chi connectivity index (χ1) is 20.6. The molecular weight excluding hydrogens is 524 g/mol. The first-order valence-electron chi connectivity index (χ1n) is 12.6. The van der Waals surface area contributed by atoms with E-state index in [1.165, 1.54) is 0 Å². The predicted molar refractivity (Wildman–Crippen MR) is 158 cm³/mol. The van der Waals surface area contributed by atoms with Crippen LogP contribution in [0.4, 0.5) is 46.3 Å². The quantitative estimate of drug-likeness (QED) is 0.206. The van der Waals surface area contributed by atoms with Crippen LogP contribution in [0.25, 0.3) is 31.2 Å². The van der Waals surface area contributed by atoms with Crippen molar-refractivity contribution in [2.45, 2.75) is 0 Å². The lowest BCUT2D eigenvalue weighted by Crippen LogP contribution is -2.28. The first-order valence-corrected chi connectivity index (χ1v) is 12.6. The van der Waals surface area contributed by atoms with Crippen molar-refractivity contribution in [3.8, 4) is 12.1 Å². The molecule has 0 N–H and O–H groups in total. The highest BCUT2D eigenvalue weighted by Crippen LogP contribution is 2.53. The summed E-state index contributed by atoms with van der Waals surface area (Å²) < 4.78 is 0. The van der Waals surface area contributed by atoms with Crippen molar-refractivity contribution in [2.24, 2.45) is 0 Å². The average molecular weight is 539 g/mol. The highest BCUT2D eigenvalue weighted by atomic mass is 15.4. The molecule has 0 fully saturated rings. The summed E-state index contributed by atoms with van der Waals surface area (Å²) in [5.74, 6) is 0.571. The lowest BCUT2D eigenvalue weighted by atomic mass is 10.1. The van der Waals surface area contributed by atoms with Gasteiger partial charge in [0.2, 0.25) is 0 Å². The van der Waals surface area contributed by atoms with Gasteiger partial charge in [-0.25, -0.2) is 9.97 Å². The number of nitriles is 2. The molecule has 2 aromatic heterocycles. The molecule has 10 heteroatoms. The molecule has 192 valence electrons. The molecule has 6 aromatic rings. The Bertz CT molecular complexity index is 2190. The van der Waals surface area contributed by atoms with Crippen LogP contribution in [0.15, 0.2) is 84.9 Å². The van der Waals surface area contributed by atoms with Crippen LogP contribution in [0.3, 0.4) is 0 Å². The summed E-state index contributed by atoms with van der Waals surface area (Å²) in [5.41, 5.74) is 0.967. The molecule has 10 nitrogen and oxygen atoms in total. The molecule has 0 unspecified atom stereocenters. The number of anilines is 6. The minimum atomic E-state index is -0.169. The second kappa shape index (κ2) is 9.39. The molecule has 0 saturated heterocycles. The van der Waals surface area contributed by atoms with Gasteiger partial charge in [0.1, 0.15) is 12.1 Å². The molecule has 0 saturated carbocycles. The van der Waals surface area contributed by atoms with Crippen molar-refractivity contribution in [3.05, 3.63) is 119 Å². The molecule has 0 radical (unpaired) electrons. The van der Waals surface area contributed by atoms with Crippen LogP contribution in [0, 0.1) is 35.8 Å². The smallest absolute Gasteiger partial charge is 0.300 e.